The van der Waals surface area contributed by atoms with Gasteiger partial charge < -0.3 is 10.3 Å². The summed E-state index contributed by atoms with van der Waals surface area (Å²) in [5.41, 5.74) is 7.88. The van der Waals surface area contributed by atoms with E-state index in [1.807, 2.05) is 11.6 Å². The summed E-state index contributed by atoms with van der Waals surface area (Å²) < 4.78 is 17.0. The van der Waals surface area contributed by atoms with Gasteiger partial charge in [-0.2, -0.15) is 5.10 Å². The highest BCUT2D eigenvalue weighted by molar-refractivity contribution is 5.79. The van der Waals surface area contributed by atoms with E-state index in [0.29, 0.717) is 30.0 Å². The highest BCUT2D eigenvalue weighted by Gasteiger charge is 2.11. The number of fused-ring (bicyclic) bond motifs is 1. The molecule has 0 spiro atoms. The molecule has 7 heteroatoms. The number of nitrogens with two attached hydrogens (primary N) is 1. The first-order valence-corrected chi connectivity index (χ1v) is 6.31. The molecule has 0 fully saturated rings. The van der Waals surface area contributed by atoms with Crippen LogP contribution in [-0.2, 0) is 20.0 Å². The van der Waals surface area contributed by atoms with E-state index in [1.165, 1.54) is 6.07 Å². The zero-order chi connectivity index (χ0) is 14.3. The third-order valence-electron chi connectivity index (χ3n) is 3.26. The summed E-state index contributed by atoms with van der Waals surface area (Å²) >= 11 is 0. The molecule has 2 N–H and O–H groups in total. The highest BCUT2D eigenvalue weighted by Crippen LogP contribution is 2.21. The first-order valence-electron chi connectivity index (χ1n) is 6.31. The van der Waals surface area contributed by atoms with Crippen molar-refractivity contribution in [3.63, 3.8) is 0 Å². The number of imidazole rings is 1. The molecule has 0 radical (unpaired) electrons. The van der Waals surface area contributed by atoms with Gasteiger partial charge in [0.05, 0.1) is 11.0 Å². The quantitative estimate of drug-likeness (QED) is 0.784. The molecule has 20 heavy (non-hydrogen) atoms. The van der Waals surface area contributed by atoms with Gasteiger partial charge in [0, 0.05) is 26.1 Å². The van der Waals surface area contributed by atoms with Crippen LogP contribution in [0.15, 0.2) is 18.5 Å². The van der Waals surface area contributed by atoms with Gasteiger partial charge in [-0.1, -0.05) is 0 Å². The third-order valence-corrected chi connectivity index (χ3v) is 3.26. The van der Waals surface area contributed by atoms with Crippen molar-refractivity contribution in [2.75, 3.05) is 5.73 Å². The summed E-state index contributed by atoms with van der Waals surface area (Å²) in [7, 11) is 1.82. The summed E-state index contributed by atoms with van der Waals surface area (Å²) in [6.45, 7) is 2.33. The predicted molar refractivity (Wildman–Crippen MR) is 73.5 cm³/mol. The van der Waals surface area contributed by atoms with Crippen LogP contribution in [0.25, 0.3) is 11.0 Å². The third kappa shape index (κ3) is 2.11. The number of anilines is 1. The fraction of sp³-hybridized carbons (Fsp3) is 0.308. The lowest BCUT2D eigenvalue weighted by atomic mass is 10.2. The van der Waals surface area contributed by atoms with Gasteiger partial charge in [0.1, 0.15) is 12.1 Å². The molecular formula is C13H15FN6. The Labute approximate surface area is 115 Å². The van der Waals surface area contributed by atoms with Crippen LogP contribution in [0, 0.1) is 12.7 Å². The van der Waals surface area contributed by atoms with Gasteiger partial charge in [0.25, 0.3) is 0 Å². The average Bonchev–Trinajstić information content (AvgIpc) is 2.92. The number of hydrogen-bond acceptors (Lipinski definition) is 4. The maximum absolute atomic E-state index is 13.5. The Balaban J connectivity index is 1.94. The van der Waals surface area contributed by atoms with Crippen molar-refractivity contribution in [3.05, 3.63) is 35.7 Å². The van der Waals surface area contributed by atoms with E-state index in [4.69, 9.17) is 5.73 Å². The van der Waals surface area contributed by atoms with Crippen molar-refractivity contribution < 1.29 is 4.39 Å². The molecular weight excluding hydrogens is 259 g/mol. The first-order chi connectivity index (χ1) is 9.54. The molecule has 6 nitrogen and oxygen atoms in total. The Morgan fingerprint density at radius 2 is 2.15 bits per heavy atom. The normalized spacial score (nSPS) is 11.3. The second-order valence-corrected chi connectivity index (χ2v) is 4.80. The van der Waals surface area contributed by atoms with E-state index < -0.39 is 0 Å². The standard InChI is InChI=1S/C13H15FN6/c1-8-5-11-10(6-9(8)14)17-13(15)20(11)4-3-12-16-7-19(2)18-12/h5-7H,3-4H2,1-2H3,(H2,15,17). The summed E-state index contributed by atoms with van der Waals surface area (Å²) in [5, 5.41) is 4.22. The molecule has 0 saturated heterocycles. The molecule has 3 rings (SSSR count). The zero-order valence-electron chi connectivity index (χ0n) is 11.3. The van der Waals surface area contributed by atoms with Crippen molar-refractivity contribution in [2.24, 2.45) is 7.05 Å². The van der Waals surface area contributed by atoms with Crippen LogP contribution in [0.3, 0.4) is 0 Å². The van der Waals surface area contributed by atoms with Crippen LogP contribution in [0.1, 0.15) is 11.4 Å². The lowest BCUT2D eigenvalue weighted by molar-refractivity contribution is 0.619. The summed E-state index contributed by atoms with van der Waals surface area (Å²) in [4.78, 5) is 8.36. The van der Waals surface area contributed by atoms with Crippen molar-refractivity contribution in [1.29, 1.82) is 0 Å². The minimum atomic E-state index is -0.270. The summed E-state index contributed by atoms with van der Waals surface area (Å²) in [5.74, 6) is 0.849. The van der Waals surface area contributed by atoms with Gasteiger partial charge in [-0.15, -0.1) is 0 Å². The number of aryl methyl sites for hydroxylation is 4. The van der Waals surface area contributed by atoms with Crippen LogP contribution < -0.4 is 5.73 Å². The molecule has 0 atom stereocenters. The Hall–Kier alpha value is -2.44. The molecule has 104 valence electrons. The Kier molecular flexibility index (Phi) is 2.89. The molecule has 0 aliphatic rings. The predicted octanol–water partition coefficient (Wildman–Crippen LogP) is 1.44. The molecule has 3 aromatic rings. The van der Waals surface area contributed by atoms with Crippen LogP contribution in [-0.4, -0.2) is 24.3 Å². The first kappa shape index (κ1) is 12.6. The van der Waals surface area contributed by atoms with Gasteiger partial charge in [0.2, 0.25) is 5.95 Å². The van der Waals surface area contributed by atoms with Crippen LogP contribution >= 0.6 is 0 Å². The largest absolute Gasteiger partial charge is 0.369 e. The van der Waals surface area contributed by atoms with Gasteiger partial charge in [-0.05, 0) is 18.6 Å². The van der Waals surface area contributed by atoms with Gasteiger partial charge >= 0.3 is 0 Å². The maximum Gasteiger partial charge on any atom is 0.201 e. The molecule has 0 bridgehead atoms. The van der Waals surface area contributed by atoms with Crippen molar-refractivity contribution in [1.82, 2.24) is 24.3 Å². The van der Waals surface area contributed by atoms with E-state index in [1.54, 1.807) is 24.0 Å². The van der Waals surface area contributed by atoms with Crippen molar-refractivity contribution >= 4 is 17.0 Å². The smallest absolute Gasteiger partial charge is 0.201 e. The Morgan fingerprint density at radius 3 is 2.85 bits per heavy atom. The lowest BCUT2D eigenvalue weighted by Crippen LogP contribution is -2.07. The number of hydrogen-bond donors (Lipinski definition) is 1. The average molecular weight is 274 g/mol. The van der Waals surface area contributed by atoms with E-state index in [0.717, 1.165) is 11.3 Å². The highest BCUT2D eigenvalue weighted by atomic mass is 19.1. The Morgan fingerprint density at radius 1 is 1.35 bits per heavy atom. The lowest BCUT2D eigenvalue weighted by Gasteiger charge is -2.05. The van der Waals surface area contributed by atoms with E-state index in [-0.39, 0.29) is 5.82 Å². The summed E-state index contributed by atoms with van der Waals surface area (Å²) in [6, 6.07) is 3.18. The molecule has 0 unspecified atom stereocenters. The summed E-state index contributed by atoms with van der Waals surface area (Å²) in [6.07, 6.45) is 2.30. The molecule has 0 aliphatic heterocycles. The van der Waals surface area contributed by atoms with Crippen molar-refractivity contribution in [3.8, 4) is 0 Å². The van der Waals surface area contributed by atoms with E-state index >= 15 is 0 Å². The molecule has 0 saturated carbocycles. The number of nitrogen functional groups attached to an aromatic ring is 1. The Bertz CT molecular complexity index is 773. The topological polar surface area (TPSA) is 74.5 Å². The van der Waals surface area contributed by atoms with Gasteiger partial charge in [0.15, 0.2) is 5.82 Å². The number of benzene rings is 1. The maximum atomic E-state index is 13.5. The van der Waals surface area contributed by atoms with Gasteiger partial charge in [-0.3, -0.25) is 4.68 Å². The van der Waals surface area contributed by atoms with Crippen molar-refractivity contribution in [2.45, 2.75) is 19.9 Å². The van der Waals surface area contributed by atoms with Gasteiger partial charge in [-0.25, -0.2) is 14.4 Å². The molecule has 0 aliphatic carbocycles. The fourth-order valence-corrected chi connectivity index (χ4v) is 2.21. The SMILES string of the molecule is Cc1cc2c(cc1F)nc(N)n2CCc1ncn(C)n1. The second kappa shape index (κ2) is 4.59. The molecule has 0 amide bonds. The fourth-order valence-electron chi connectivity index (χ4n) is 2.21. The number of rotatable bonds is 3. The van der Waals surface area contributed by atoms with Crippen LogP contribution in [0.5, 0.6) is 0 Å². The number of halogens is 1. The second-order valence-electron chi connectivity index (χ2n) is 4.80. The minimum Gasteiger partial charge on any atom is -0.369 e. The number of nitrogens with zero attached hydrogens (tertiary/aromatic N) is 5. The zero-order valence-corrected chi connectivity index (χ0v) is 11.3. The molecule has 2 aromatic heterocycles. The van der Waals surface area contributed by atoms with Crippen LogP contribution in [0.2, 0.25) is 0 Å². The minimum absolute atomic E-state index is 0.270. The molecule has 1 aromatic carbocycles. The van der Waals surface area contributed by atoms with Crippen LogP contribution in [0.4, 0.5) is 10.3 Å². The number of aromatic nitrogens is 5. The van der Waals surface area contributed by atoms with E-state index in [9.17, 15) is 4.39 Å². The van der Waals surface area contributed by atoms with E-state index in [2.05, 4.69) is 15.1 Å². The monoisotopic (exact) mass is 274 g/mol. The molecule has 2 heterocycles.